The summed E-state index contributed by atoms with van der Waals surface area (Å²) in [6.45, 7) is 4.76. The fourth-order valence-electron chi connectivity index (χ4n) is 4.45. The summed E-state index contributed by atoms with van der Waals surface area (Å²) in [4.78, 5) is 19.6. The zero-order valence-electron chi connectivity index (χ0n) is 20.9. The molecule has 0 radical (unpaired) electrons. The molecule has 39 heavy (non-hydrogen) atoms. The van der Waals surface area contributed by atoms with E-state index in [0.717, 1.165) is 23.4 Å². The van der Waals surface area contributed by atoms with Crippen molar-refractivity contribution in [1.82, 2.24) is 20.1 Å². The molecule has 11 heteroatoms. The van der Waals surface area contributed by atoms with E-state index in [0.29, 0.717) is 30.9 Å². The van der Waals surface area contributed by atoms with Gasteiger partial charge in [0, 0.05) is 25.0 Å². The topological polar surface area (TPSA) is 93.4 Å². The van der Waals surface area contributed by atoms with Crippen LogP contribution in [0.15, 0.2) is 83.9 Å². The highest BCUT2D eigenvalue weighted by Gasteiger charge is 2.50. The Kier molecular flexibility index (Phi) is 6.81. The highest BCUT2D eigenvalue weighted by molar-refractivity contribution is 5.91. The van der Waals surface area contributed by atoms with Gasteiger partial charge >= 0.3 is 6.18 Å². The van der Waals surface area contributed by atoms with Crippen molar-refractivity contribution >= 4 is 17.3 Å². The summed E-state index contributed by atoms with van der Waals surface area (Å²) in [5, 5.41) is 11.4. The first-order valence-electron chi connectivity index (χ1n) is 12.0. The van der Waals surface area contributed by atoms with Crippen LogP contribution in [-0.4, -0.2) is 39.6 Å². The molecule has 0 spiro atoms. The predicted molar refractivity (Wildman–Crippen MR) is 137 cm³/mol. The molecule has 1 aliphatic heterocycles. The highest BCUT2D eigenvalue weighted by Crippen LogP contribution is 2.39. The lowest BCUT2D eigenvalue weighted by atomic mass is 9.86. The lowest BCUT2D eigenvalue weighted by molar-refractivity contribution is -0.137. The number of hydrogen-bond acceptors (Lipinski definition) is 7. The van der Waals surface area contributed by atoms with Crippen LogP contribution >= 0.6 is 0 Å². The van der Waals surface area contributed by atoms with E-state index in [1.807, 2.05) is 24.3 Å². The average molecular weight is 536 g/mol. The van der Waals surface area contributed by atoms with Gasteiger partial charge in [-0.1, -0.05) is 18.2 Å². The molecule has 1 unspecified atom stereocenters. The number of benzene rings is 2. The first kappa shape index (κ1) is 26.0. The normalized spacial score (nSPS) is 17.3. The van der Waals surface area contributed by atoms with Crippen LogP contribution in [0.1, 0.15) is 23.4 Å². The smallest absolute Gasteiger partial charge is 0.416 e. The molecular weight excluding hydrogens is 511 g/mol. The molecule has 0 aliphatic carbocycles. The van der Waals surface area contributed by atoms with Crippen molar-refractivity contribution in [2.75, 3.05) is 19.0 Å². The molecule has 1 fully saturated rings. The van der Waals surface area contributed by atoms with Gasteiger partial charge in [0.1, 0.15) is 11.2 Å². The van der Waals surface area contributed by atoms with Gasteiger partial charge in [0.25, 0.3) is 5.89 Å². The molecule has 3 heterocycles. The number of amides is 1. The van der Waals surface area contributed by atoms with Gasteiger partial charge in [-0.15, -0.1) is 16.8 Å². The number of hydrogen-bond donors (Lipinski definition) is 1. The summed E-state index contributed by atoms with van der Waals surface area (Å²) in [5.74, 6) is 0.683. The number of likely N-dealkylation sites (tertiary alicyclic amines) is 1. The maximum atomic E-state index is 13.5. The molecule has 2 aromatic heterocycles. The summed E-state index contributed by atoms with van der Waals surface area (Å²) in [6, 6.07) is 15.4. The Morgan fingerprint density at radius 3 is 2.54 bits per heavy atom. The van der Waals surface area contributed by atoms with E-state index < -0.39 is 17.2 Å². The van der Waals surface area contributed by atoms with Crippen molar-refractivity contribution in [3.8, 4) is 17.3 Å². The highest BCUT2D eigenvalue weighted by atomic mass is 19.4. The van der Waals surface area contributed by atoms with Gasteiger partial charge in [0.15, 0.2) is 5.69 Å². The minimum Gasteiger partial charge on any atom is -0.497 e. The van der Waals surface area contributed by atoms with Crippen molar-refractivity contribution in [1.29, 1.82) is 0 Å². The number of rotatable bonds is 8. The Bertz CT molecular complexity index is 1490. The third-order valence-corrected chi connectivity index (χ3v) is 6.63. The number of nitrogens with zero attached hydrogens (tertiary/aromatic N) is 4. The van der Waals surface area contributed by atoms with Crippen LogP contribution in [-0.2, 0) is 22.9 Å². The summed E-state index contributed by atoms with van der Waals surface area (Å²) < 4.78 is 49.9. The molecule has 200 valence electrons. The fraction of sp³-hybridized carbons (Fsp3) is 0.214. The summed E-state index contributed by atoms with van der Waals surface area (Å²) in [5.41, 5.74) is 0.156. The van der Waals surface area contributed by atoms with Crippen molar-refractivity contribution < 1.29 is 27.1 Å². The zero-order valence-corrected chi connectivity index (χ0v) is 20.9. The number of anilines is 2. The minimum atomic E-state index is -4.43. The SMILES string of the molecule is C=CC1(c2nnc(-c3ncccc3Nc3ccc(C(F)(F)F)cc3)o2)CCN(Cc2ccc(OC)cc2)C1=O. The molecule has 2 aromatic carbocycles. The van der Waals surface area contributed by atoms with Crippen molar-refractivity contribution in [2.24, 2.45) is 0 Å². The van der Waals surface area contributed by atoms with E-state index in [2.05, 4.69) is 27.1 Å². The first-order chi connectivity index (χ1) is 18.7. The monoisotopic (exact) mass is 535 g/mol. The lowest BCUT2D eigenvalue weighted by Crippen LogP contribution is -2.36. The molecule has 1 N–H and O–H groups in total. The maximum Gasteiger partial charge on any atom is 0.416 e. The van der Waals surface area contributed by atoms with E-state index in [-0.39, 0.29) is 23.4 Å². The van der Waals surface area contributed by atoms with Crippen LogP contribution < -0.4 is 10.1 Å². The van der Waals surface area contributed by atoms with Crippen LogP contribution in [0.3, 0.4) is 0 Å². The standard InChI is InChI=1S/C28H24F3N5O3/c1-3-27(14-16-36(26(27)37)17-18-6-12-21(38-2)13-7-18)25-35-34-24(39-25)23-22(5-4-15-32-23)33-20-10-8-19(9-11-20)28(29,30)31/h3-13,15,33H,1,14,16-17H2,2H3. The van der Waals surface area contributed by atoms with E-state index in [4.69, 9.17) is 9.15 Å². The van der Waals surface area contributed by atoms with Crippen molar-refractivity contribution in [3.05, 3.63) is 96.5 Å². The molecular formula is C28H24F3N5O3. The number of halogens is 3. The van der Waals surface area contributed by atoms with Gasteiger partial charge in [0.2, 0.25) is 11.8 Å². The van der Waals surface area contributed by atoms with Gasteiger partial charge in [-0.3, -0.25) is 4.79 Å². The Morgan fingerprint density at radius 2 is 1.87 bits per heavy atom. The van der Waals surface area contributed by atoms with Gasteiger partial charge < -0.3 is 19.4 Å². The largest absolute Gasteiger partial charge is 0.497 e. The van der Waals surface area contributed by atoms with Gasteiger partial charge in [0.05, 0.1) is 18.4 Å². The predicted octanol–water partition coefficient (Wildman–Crippen LogP) is 5.76. The van der Waals surface area contributed by atoms with Gasteiger partial charge in [-0.2, -0.15) is 13.2 Å². The van der Waals surface area contributed by atoms with E-state index >= 15 is 0 Å². The quantitative estimate of drug-likeness (QED) is 0.287. The van der Waals surface area contributed by atoms with E-state index in [1.165, 1.54) is 24.4 Å². The zero-order chi connectivity index (χ0) is 27.6. The number of methoxy groups -OCH3 is 1. The molecule has 1 atom stereocenters. The number of pyridine rings is 1. The molecule has 8 nitrogen and oxygen atoms in total. The number of ether oxygens (including phenoxy) is 1. The molecule has 0 saturated carbocycles. The molecule has 0 bridgehead atoms. The summed E-state index contributed by atoms with van der Waals surface area (Å²) in [6.07, 6.45) is -0.967. The summed E-state index contributed by atoms with van der Waals surface area (Å²) in [7, 11) is 1.59. The number of carbonyl (C=O) groups excluding carboxylic acids is 1. The Labute approximate surface area is 222 Å². The van der Waals surface area contributed by atoms with Crippen LogP contribution in [0.25, 0.3) is 11.6 Å². The number of nitrogens with one attached hydrogen (secondary N) is 1. The number of aromatic nitrogens is 3. The summed E-state index contributed by atoms with van der Waals surface area (Å²) >= 11 is 0. The number of alkyl halides is 3. The fourth-order valence-corrected chi connectivity index (χ4v) is 4.45. The minimum absolute atomic E-state index is 0.0580. The second-order valence-electron chi connectivity index (χ2n) is 9.01. The molecule has 4 aromatic rings. The lowest BCUT2D eigenvalue weighted by Gasteiger charge is -2.21. The second-order valence-corrected chi connectivity index (χ2v) is 9.01. The first-order valence-corrected chi connectivity index (χ1v) is 12.0. The Hall–Kier alpha value is -4.67. The molecule has 1 saturated heterocycles. The van der Waals surface area contributed by atoms with E-state index in [1.54, 1.807) is 24.1 Å². The average Bonchev–Trinajstić information content (AvgIpc) is 3.55. The van der Waals surface area contributed by atoms with Crippen LogP contribution in [0.5, 0.6) is 5.75 Å². The molecule has 5 rings (SSSR count). The third-order valence-electron chi connectivity index (χ3n) is 6.63. The van der Waals surface area contributed by atoms with Crippen molar-refractivity contribution in [2.45, 2.75) is 24.6 Å². The Morgan fingerprint density at radius 1 is 1.13 bits per heavy atom. The number of carbonyl (C=O) groups is 1. The van der Waals surface area contributed by atoms with Crippen molar-refractivity contribution in [3.63, 3.8) is 0 Å². The second kappa shape index (κ2) is 10.2. The molecule has 1 amide bonds. The Balaban J connectivity index is 1.37. The van der Waals surface area contributed by atoms with Crippen LogP contribution in [0.4, 0.5) is 24.5 Å². The van der Waals surface area contributed by atoms with Crippen LogP contribution in [0.2, 0.25) is 0 Å². The van der Waals surface area contributed by atoms with Crippen LogP contribution in [0, 0.1) is 0 Å². The van der Waals surface area contributed by atoms with Gasteiger partial charge in [-0.05, 0) is 60.5 Å². The third kappa shape index (κ3) is 5.07. The van der Waals surface area contributed by atoms with Gasteiger partial charge in [-0.25, -0.2) is 4.98 Å². The maximum absolute atomic E-state index is 13.5. The van der Waals surface area contributed by atoms with E-state index in [9.17, 15) is 18.0 Å². The molecule has 1 aliphatic rings.